The summed E-state index contributed by atoms with van der Waals surface area (Å²) in [5.41, 5.74) is 1.86. The van der Waals surface area contributed by atoms with Gasteiger partial charge in [-0.05, 0) is 54.9 Å². The van der Waals surface area contributed by atoms with Gasteiger partial charge < -0.3 is 15.0 Å². The molecule has 1 aromatic carbocycles. The van der Waals surface area contributed by atoms with Crippen LogP contribution in [0.3, 0.4) is 0 Å². The first kappa shape index (κ1) is 18.1. The van der Waals surface area contributed by atoms with Gasteiger partial charge in [0.1, 0.15) is 0 Å². The molecular formula is C20H26N2O2S. The van der Waals surface area contributed by atoms with Crippen LogP contribution in [0.15, 0.2) is 47.2 Å². The van der Waals surface area contributed by atoms with Gasteiger partial charge in [-0.2, -0.15) is 11.3 Å². The number of likely N-dealkylation sites (N-methyl/N-ethyl adjacent to an activating group) is 1. The molecule has 0 saturated carbocycles. The largest absolute Gasteiger partial charge is 0.381 e. The molecule has 0 unspecified atom stereocenters. The van der Waals surface area contributed by atoms with E-state index in [1.165, 1.54) is 5.56 Å². The van der Waals surface area contributed by atoms with Crippen LogP contribution in [0, 0.1) is 0 Å². The van der Waals surface area contributed by atoms with Crippen LogP contribution in [0.5, 0.6) is 0 Å². The van der Waals surface area contributed by atoms with Crippen molar-refractivity contribution in [2.24, 2.45) is 0 Å². The van der Waals surface area contributed by atoms with Crippen molar-refractivity contribution in [1.82, 2.24) is 10.2 Å². The van der Waals surface area contributed by atoms with Crippen molar-refractivity contribution < 1.29 is 9.53 Å². The molecule has 1 fully saturated rings. The maximum atomic E-state index is 13.2. The van der Waals surface area contributed by atoms with Gasteiger partial charge in [0.25, 0.3) is 0 Å². The molecule has 1 aliphatic heterocycles. The summed E-state index contributed by atoms with van der Waals surface area (Å²) in [7, 11) is 4.10. The molecule has 1 amide bonds. The van der Waals surface area contributed by atoms with Crippen molar-refractivity contribution in [1.29, 1.82) is 0 Å². The molecule has 1 N–H and O–H groups in total. The maximum absolute atomic E-state index is 13.2. The smallest absolute Gasteiger partial charge is 0.230 e. The summed E-state index contributed by atoms with van der Waals surface area (Å²) in [5.74, 6) is 0.115. The lowest BCUT2D eigenvalue weighted by Crippen LogP contribution is -2.49. The van der Waals surface area contributed by atoms with Crippen molar-refractivity contribution in [2.45, 2.75) is 24.3 Å². The molecular weight excluding hydrogens is 332 g/mol. The Morgan fingerprint density at radius 1 is 1.24 bits per heavy atom. The molecule has 1 aromatic heterocycles. The molecule has 3 rings (SSSR count). The van der Waals surface area contributed by atoms with E-state index in [-0.39, 0.29) is 11.9 Å². The summed E-state index contributed by atoms with van der Waals surface area (Å²) < 4.78 is 5.53. The van der Waals surface area contributed by atoms with Gasteiger partial charge >= 0.3 is 0 Å². The van der Waals surface area contributed by atoms with Crippen molar-refractivity contribution in [3.63, 3.8) is 0 Å². The van der Waals surface area contributed by atoms with E-state index in [1.807, 2.05) is 18.2 Å². The monoisotopic (exact) mass is 358 g/mol. The van der Waals surface area contributed by atoms with Crippen LogP contribution >= 0.6 is 11.3 Å². The third-order valence-corrected chi connectivity index (χ3v) is 5.82. The summed E-state index contributed by atoms with van der Waals surface area (Å²) in [6, 6.07) is 12.4. The van der Waals surface area contributed by atoms with Gasteiger partial charge in [-0.25, -0.2) is 0 Å². The number of hydrogen-bond donors (Lipinski definition) is 1. The molecule has 2 aromatic rings. The van der Waals surface area contributed by atoms with Crippen LogP contribution in [0.4, 0.5) is 0 Å². The minimum Gasteiger partial charge on any atom is -0.381 e. The topological polar surface area (TPSA) is 41.6 Å². The highest BCUT2D eigenvalue weighted by atomic mass is 32.1. The van der Waals surface area contributed by atoms with Crippen LogP contribution < -0.4 is 5.32 Å². The van der Waals surface area contributed by atoms with Gasteiger partial charge in [-0.1, -0.05) is 30.3 Å². The Labute approximate surface area is 153 Å². The Balaban J connectivity index is 1.77. The van der Waals surface area contributed by atoms with Crippen molar-refractivity contribution in [2.75, 3.05) is 33.9 Å². The quantitative estimate of drug-likeness (QED) is 0.862. The molecule has 0 bridgehead atoms. The average Bonchev–Trinajstić information content (AvgIpc) is 3.17. The van der Waals surface area contributed by atoms with Gasteiger partial charge in [0.05, 0.1) is 11.5 Å². The number of benzene rings is 1. The average molecular weight is 359 g/mol. The van der Waals surface area contributed by atoms with E-state index in [2.05, 4.69) is 53.3 Å². The highest BCUT2D eigenvalue weighted by Gasteiger charge is 2.41. The summed E-state index contributed by atoms with van der Waals surface area (Å²) in [6.45, 7) is 1.87. The van der Waals surface area contributed by atoms with E-state index < -0.39 is 5.41 Å². The minimum absolute atomic E-state index is 0.115. The van der Waals surface area contributed by atoms with Crippen molar-refractivity contribution >= 4 is 17.2 Å². The van der Waals surface area contributed by atoms with Gasteiger partial charge in [-0.3, -0.25) is 4.79 Å². The van der Waals surface area contributed by atoms with Crippen LogP contribution in [-0.4, -0.2) is 44.7 Å². The molecule has 134 valence electrons. The van der Waals surface area contributed by atoms with Gasteiger partial charge in [-0.15, -0.1) is 0 Å². The van der Waals surface area contributed by atoms with Crippen LogP contribution in [0.25, 0.3) is 0 Å². The Kier molecular flexibility index (Phi) is 5.89. The Hall–Kier alpha value is -1.69. The minimum atomic E-state index is -0.481. The zero-order chi connectivity index (χ0) is 17.7. The van der Waals surface area contributed by atoms with Gasteiger partial charge in [0.2, 0.25) is 5.91 Å². The fraction of sp³-hybridized carbons (Fsp3) is 0.450. The van der Waals surface area contributed by atoms with E-state index in [0.717, 1.165) is 18.4 Å². The van der Waals surface area contributed by atoms with E-state index in [4.69, 9.17) is 4.74 Å². The lowest BCUT2D eigenvalue weighted by atomic mass is 9.73. The number of carbonyl (C=O) groups excluding carboxylic acids is 1. The molecule has 0 radical (unpaired) electrons. The molecule has 1 aliphatic rings. The fourth-order valence-corrected chi connectivity index (χ4v) is 4.25. The molecule has 25 heavy (non-hydrogen) atoms. The van der Waals surface area contributed by atoms with Gasteiger partial charge in [0.15, 0.2) is 0 Å². The second-order valence-electron chi connectivity index (χ2n) is 6.81. The number of carbonyl (C=O) groups is 1. The standard InChI is InChI=1S/C20H26N2O2S/c1-22(2)18(16-8-13-25-15-16)14-21-19(23)20(9-11-24-12-10-20)17-6-4-3-5-7-17/h3-8,13,15,18H,9-12,14H2,1-2H3,(H,21,23)/t18-/m0/s1. The number of amides is 1. The number of rotatable bonds is 6. The predicted molar refractivity (Wildman–Crippen MR) is 102 cm³/mol. The number of nitrogens with zero attached hydrogens (tertiary/aromatic N) is 1. The maximum Gasteiger partial charge on any atom is 0.230 e. The van der Waals surface area contributed by atoms with Crippen LogP contribution in [0.1, 0.15) is 30.0 Å². The summed E-state index contributed by atoms with van der Waals surface area (Å²) >= 11 is 1.69. The zero-order valence-corrected chi connectivity index (χ0v) is 15.7. The Morgan fingerprint density at radius 3 is 2.56 bits per heavy atom. The lowest BCUT2D eigenvalue weighted by Gasteiger charge is -2.37. The SMILES string of the molecule is CN(C)[C@@H](CNC(=O)C1(c2ccccc2)CCOCC1)c1ccsc1. The fourth-order valence-electron chi connectivity index (χ4n) is 3.55. The molecule has 5 heteroatoms. The van der Waals surface area contributed by atoms with E-state index in [1.54, 1.807) is 11.3 Å². The van der Waals surface area contributed by atoms with E-state index >= 15 is 0 Å². The van der Waals surface area contributed by atoms with Crippen molar-refractivity contribution in [3.05, 3.63) is 58.3 Å². The highest BCUT2D eigenvalue weighted by molar-refractivity contribution is 7.07. The Morgan fingerprint density at radius 2 is 1.96 bits per heavy atom. The van der Waals surface area contributed by atoms with Crippen molar-refractivity contribution in [3.8, 4) is 0 Å². The highest BCUT2D eigenvalue weighted by Crippen LogP contribution is 2.35. The normalized spacial score (nSPS) is 18.0. The summed E-state index contributed by atoms with van der Waals surface area (Å²) in [5, 5.41) is 7.46. The molecule has 1 atom stereocenters. The first-order valence-corrected chi connectivity index (χ1v) is 9.68. The van der Waals surface area contributed by atoms with E-state index in [0.29, 0.717) is 19.8 Å². The summed E-state index contributed by atoms with van der Waals surface area (Å²) in [6.07, 6.45) is 1.46. The number of nitrogens with one attached hydrogen (secondary N) is 1. The second kappa shape index (κ2) is 8.13. The third kappa shape index (κ3) is 3.94. The second-order valence-corrected chi connectivity index (χ2v) is 7.59. The Bertz CT molecular complexity index is 664. The predicted octanol–water partition coefficient (Wildman–Crippen LogP) is 3.22. The number of hydrogen-bond acceptors (Lipinski definition) is 4. The van der Waals surface area contributed by atoms with E-state index in [9.17, 15) is 4.79 Å². The molecule has 0 aliphatic carbocycles. The molecule has 4 nitrogen and oxygen atoms in total. The number of thiophene rings is 1. The molecule has 2 heterocycles. The summed E-state index contributed by atoms with van der Waals surface area (Å²) in [4.78, 5) is 15.4. The van der Waals surface area contributed by atoms with Gasteiger partial charge in [0, 0.05) is 19.8 Å². The number of ether oxygens (including phenoxy) is 1. The zero-order valence-electron chi connectivity index (χ0n) is 14.9. The third-order valence-electron chi connectivity index (χ3n) is 5.11. The molecule has 1 saturated heterocycles. The van der Waals surface area contributed by atoms with Crippen LogP contribution in [-0.2, 0) is 14.9 Å². The first-order valence-electron chi connectivity index (χ1n) is 8.73. The molecule has 0 spiro atoms. The van der Waals surface area contributed by atoms with Crippen LogP contribution in [0.2, 0.25) is 0 Å². The lowest BCUT2D eigenvalue weighted by molar-refractivity contribution is -0.130. The first-order chi connectivity index (χ1) is 12.1.